The van der Waals surface area contributed by atoms with Crippen molar-refractivity contribution < 1.29 is 18.0 Å². The third-order valence-corrected chi connectivity index (χ3v) is 5.53. The second kappa shape index (κ2) is 6.64. The number of hydrogen-bond donors (Lipinski definition) is 0. The molecule has 0 spiro atoms. The maximum Gasteiger partial charge on any atom is 0.336 e. The minimum absolute atomic E-state index is 0.415. The Balaban J connectivity index is 1.60. The Hall–Kier alpha value is -4.25. The van der Waals surface area contributed by atoms with Crippen LogP contribution in [-0.2, 0) is 0 Å². The second-order valence-corrected chi connectivity index (χ2v) is 7.35. The van der Waals surface area contributed by atoms with Gasteiger partial charge in [0.05, 0.1) is 12.7 Å². The molecule has 0 radical (unpaired) electrons. The number of para-hydroxylation sites is 1. The lowest BCUT2D eigenvalue weighted by Gasteiger charge is -2.07. The van der Waals surface area contributed by atoms with Crippen LogP contribution in [0.4, 0.5) is 0 Å². The molecule has 0 aliphatic heterocycles. The number of methoxy groups -OCH3 is 1. The quantitative estimate of drug-likeness (QED) is 0.308. The van der Waals surface area contributed by atoms with Gasteiger partial charge >= 0.3 is 5.63 Å². The third-order valence-electron chi connectivity index (χ3n) is 5.53. The van der Waals surface area contributed by atoms with Gasteiger partial charge in [0.1, 0.15) is 34.5 Å². The van der Waals surface area contributed by atoms with Gasteiger partial charge < -0.3 is 18.0 Å². The SMILES string of the molecule is COc1ccc(-c2cc(=O)oc3cc4occ(-c5cc6ccccc6o5)c4cc23)cc1. The third kappa shape index (κ3) is 2.82. The highest BCUT2D eigenvalue weighted by Crippen LogP contribution is 2.38. The average molecular weight is 408 g/mol. The van der Waals surface area contributed by atoms with E-state index in [0.29, 0.717) is 11.2 Å². The van der Waals surface area contributed by atoms with Crippen LogP contribution in [0.5, 0.6) is 5.75 Å². The molecule has 0 fully saturated rings. The fourth-order valence-electron chi connectivity index (χ4n) is 4.00. The zero-order valence-electron chi connectivity index (χ0n) is 16.5. The topological polar surface area (TPSA) is 65.7 Å². The monoisotopic (exact) mass is 408 g/mol. The fraction of sp³-hybridized carbons (Fsp3) is 0.0385. The molecule has 3 aromatic heterocycles. The van der Waals surface area contributed by atoms with Crippen molar-refractivity contribution in [3.05, 3.63) is 89.5 Å². The molecule has 0 aliphatic rings. The minimum Gasteiger partial charge on any atom is -0.497 e. The summed E-state index contributed by atoms with van der Waals surface area (Å²) in [7, 11) is 1.62. The van der Waals surface area contributed by atoms with Gasteiger partial charge in [0.15, 0.2) is 0 Å². The van der Waals surface area contributed by atoms with E-state index in [1.807, 2.05) is 60.7 Å². The van der Waals surface area contributed by atoms with Crippen molar-refractivity contribution in [2.24, 2.45) is 0 Å². The molecule has 5 heteroatoms. The molecule has 0 N–H and O–H groups in total. The molecule has 6 aromatic rings. The zero-order valence-corrected chi connectivity index (χ0v) is 16.5. The van der Waals surface area contributed by atoms with Crippen LogP contribution in [0.2, 0.25) is 0 Å². The van der Waals surface area contributed by atoms with Crippen LogP contribution in [0.3, 0.4) is 0 Å². The van der Waals surface area contributed by atoms with Crippen molar-refractivity contribution in [2.75, 3.05) is 7.11 Å². The van der Waals surface area contributed by atoms with Crippen molar-refractivity contribution in [1.82, 2.24) is 0 Å². The molecule has 3 heterocycles. The molecular formula is C26H16O5. The van der Waals surface area contributed by atoms with Gasteiger partial charge in [-0.25, -0.2) is 4.79 Å². The Bertz CT molecular complexity index is 1600. The Morgan fingerprint density at radius 2 is 1.55 bits per heavy atom. The summed E-state index contributed by atoms with van der Waals surface area (Å²) in [5, 5.41) is 2.73. The van der Waals surface area contributed by atoms with E-state index >= 15 is 0 Å². The molecule has 3 aromatic carbocycles. The van der Waals surface area contributed by atoms with E-state index < -0.39 is 5.63 Å². The van der Waals surface area contributed by atoms with E-state index in [4.69, 9.17) is 18.0 Å². The van der Waals surface area contributed by atoms with Gasteiger partial charge in [0, 0.05) is 28.3 Å². The normalized spacial score (nSPS) is 11.5. The number of ether oxygens (including phenoxy) is 1. The van der Waals surface area contributed by atoms with Gasteiger partial charge in [-0.2, -0.15) is 0 Å². The minimum atomic E-state index is -0.415. The molecule has 0 unspecified atom stereocenters. The summed E-state index contributed by atoms with van der Waals surface area (Å²) in [4.78, 5) is 12.2. The number of rotatable bonds is 3. The summed E-state index contributed by atoms with van der Waals surface area (Å²) in [6, 6.07) is 22.7. The molecule has 5 nitrogen and oxygen atoms in total. The fourth-order valence-corrected chi connectivity index (χ4v) is 4.00. The number of hydrogen-bond acceptors (Lipinski definition) is 5. The van der Waals surface area contributed by atoms with Gasteiger partial charge in [0.25, 0.3) is 0 Å². The maximum atomic E-state index is 12.2. The molecule has 0 saturated heterocycles. The van der Waals surface area contributed by atoms with Crippen molar-refractivity contribution >= 4 is 32.9 Å². The smallest absolute Gasteiger partial charge is 0.336 e. The van der Waals surface area contributed by atoms with Gasteiger partial charge in [-0.1, -0.05) is 30.3 Å². The summed E-state index contributed by atoms with van der Waals surface area (Å²) >= 11 is 0. The number of benzene rings is 3. The molecule has 0 bridgehead atoms. The first-order valence-corrected chi connectivity index (χ1v) is 9.82. The Morgan fingerprint density at radius 3 is 2.35 bits per heavy atom. The van der Waals surface area contributed by atoms with Gasteiger partial charge in [-0.3, -0.25) is 0 Å². The zero-order chi connectivity index (χ0) is 20.9. The summed E-state index contributed by atoms with van der Waals surface area (Å²) in [5.41, 5.74) is 4.02. The van der Waals surface area contributed by atoms with Crippen LogP contribution < -0.4 is 10.4 Å². The Labute approximate surface area is 176 Å². The van der Waals surface area contributed by atoms with Gasteiger partial charge in [-0.15, -0.1) is 0 Å². The van der Waals surface area contributed by atoms with E-state index in [1.165, 1.54) is 6.07 Å². The lowest BCUT2D eigenvalue weighted by Crippen LogP contribution is -1.98. The standard InChI is InChI=1S/C26H16O5/c1-28-17-8-6-15(7-9-17)18-12-26(27)31-25-13-23-20(11-19(18)25)21(14-29-23)24-10-16-4-2-3-5-22(16)30-24/h2-14H,1H3. The van der Waals surface area contributed by atoms with Crippen molar-refractivity contribution in [3.8, 4) is 28.2 Å². The van der Waals surface area contributed by atoms with Crippen LogP contribution in [0, 0.1) is 0 Å². The number of fused-ring (bicyclic) bond motifs is 3. The van der Waals surface area contributed by atoms with E-state index in [0.717, 1.165) is 49.9 Å². The molecule has 6 rings (SSSR count). The summed E-state index contributed by atoms with van der Waals surface area (Å²) in [5.74, 6) is 1.48. The molecule has 150 valence electrons. The lowest BCUT2D eigenvalue weighted by atomic mass is 10.00. The van der Waals surface area contributed by atoms with Crippen molar-refractivity contribution in [3.63, 3.8) is 0 Å². The Morgan fingerprint density at radius 1 is 0.742 bits per heavy atom. The van der Waals surface area contributed by atoms with Crippen molar-refractivity contribution in [2.45, 2.75) is 0 Å². The van der Waals surface area contributed by atoms with E-state index in [9.17, 15) is 4.79 Å². The summed E-state index contributed by atoms with van der Waals surface area (Å²) in [6.07, 6.45) is 1.67. The molecule has 0 saturated carbocycles. The Kier molecular flexibility index (Phi) is 3.77. The lowest BCUT2D eigenvalue weighted by molar-refractivity contribution is 0.415. The van der Waals surface area contributed by atoms with Crippen molar-refractivity contribution in [1.29, 1.82) is 0 Å². The molecule has 0 amide bonds. The van der Waals surface area contributed by atoms with Crippen LogP contribution in [0.1, 0.15) is 0 Å². The predicted octanol–water partition coefficient (Wildman–Crippen LogP) is 6.63. The largest absolute Gasteiger partial charge is 0.497 e. The first-order valence-electron chi connectivity index (χ1n) is 9.82. The van der Waals surface area contributed by atoms with E-state index in [-0.39, 0.29) is 0 Å². The van der Waals surface area contributed by atoms with Crippen LogP contribution in [0.25, 0.3) is 55.4 Å². The molecule has 0 atom stereocenters. The molecular weight excluding hydrogens is 392 g/mol. The van der Waals surface area contributed by atoms with Crippen LogP contribution >= 0.6 is 0 Å². The maximum absolute atomic E-state index is 12.2. The first-order chi connectivity index (χ1) is 15.2. The average Bonchev–Trinajstić information content (AvgIpc) is 3.40. The van der Waals surface area contributed by atoms with E-state index in [1.54, 1.807) is 19.4 Å². The highest BCUT2D eigenvalue weighted by atomic mass is 16.5. The predicted molar refractivity (Wildman–Crippen MR) is 119 cm³/mol. The molecule has 31 heavy (non-hydrogen) atoms. The highest BCUT2D eigenvalue weighted by Gasteiger charge is 2.17. The first kappa shape index (κ1) is 17.6. The van der Waals surface area contributed by atoms with Crippen LogP contribution in [-0.4, -0.2) is 7.11 Å². The van der Waals surface area contributed by atoms with Gasteiger partial charge in [-0.05, 0) is 41.5 Å². The summed E-state index contributed by atoms with van der Waals surface area (Å²) < 4.78 is 22.6. The highest BCUT2D eigenvalue weighted by molar-refractivity contribution is 6.05. The molecule has 0 aliphatic carbocycles. The van der Waals surface area contributed by atoms with Crippen LogP contribution in [0.15, 0.2) is 97.1 Å². The summed E-state index contributed by atoms with van der Waals surface area (Å²) in [6.45, 7) is 0. The number of furan rings is 2. The van der Waals surface area contributed by atoms with Gasteiger partial charge in [0.2, 0.25) is 0 Å². The second-order valence-electron chi connectivity index (χ2n) is 7.35. The van der Waals surface area contributed by atoms with E-state index in [2.05, 4.69) is 0 Å².